The van der Waals surface area contributed by atoms with Gasteiger partial charge in [0.15, 0.2) is 11.5 Å². The molecule has 200 valence electrons. The molecule has 0 saturated carbocycles. The quantitative estimate of drug-likeness (QED) is 0.328. The first-order valence-corrected chi connectivity index (χ1v) is 13.1. The van der Waals surface area contributed by atoms with E-state index in [0.717, 1.165) is 42.7 Å². The van der Waals surface area contributed by atoms with Gasteiger partial charge in [-0.1, -0.05) is 38.0 Å². The molecule has 0 spiro atoms. The molecule has 1 amide bonds. The highest BCUT2D eigenvalue weighted by atomic mass is 16.7. The Balaban J connectivity index is 1.69. The first-order chi connectivity index (χ1) is 18.0. The van der Waals surface area contributed by atoms with Gasteiger partial charge >= 0.3 is 5.97 Å². The SMILES string of the molecule is CCCCCN(C)C(=O)CN1C[C@H](c2ccc3c(c2)OCO3)[C@@H](C(=O)OCC)[C@@H]1c1ccc(OC)cc1. The van der Waals surface area contributed by atoms with Crippen molar-refractivity contribution in [2.45, 2.75) is 45.1 Å². The predicted molar refractivity (Wildman–Crippen MR) is 140 cm³/mol. The van der Waals surface area contributed by atoms with Crippen LogP contribution in [0.1, 0.15) is 56.2 Å². The van der Waals surface area contributed by atoms with Crippen LogP contribution in [0.4, 0.5) is 0 Å². The van der Waals surface area contributed by atoms with E-state index in [-0.39, 0.29) is 43.8 Å². The van der Waals surface area contributed by atoms with Crippen molar-refractivity contribution in [2.24, 2.45) is 5.92 Å². The third-order valence-electron chi connectivity index (χ3n) is 7.30. The molecule has 2 aromatic carbocycles. The summed E-state index contributed by atoms with van der Waals surface area (Å²) in [4.78, 5) is 30.7. The number of carbonyl (C=O) groups is 2. The van der Waals surface area contributed by atoms with Crippen molar-refractivity contribution >= 4 is 11.9 Å². The Labute approximate surface area is 219 Å². The fourth-order valence-corrected chi connectivity index (χ4v) is 5.32. The predicted octanol–water partition coefficient (Wildman–Crippen LogP) is 4.39. The number of rotatable bonds is 11. The second kappa shape index (κ2) is 12.3. The highest BCUT2D eigenvalue weighted by Gasteiger charge is 2.48. The van der Waals surface area contributed by atoms with Crippen molar-refractivity contribution in [3.63, 3.8) is 0 Å². The third kappa shape index (κ3) is 6.01. The van der Waals surface area contributed by atoms with Gasteiger partial charge in [0.25, 0.3) is 0 Å². The first kappa shape index (κ1) is 26.8. The Morgan fingerprint density at radius 3 is 2.46 bits per heavy atom. The maximum atomic E-state index is 13.5. The molecule has 1 fully saturated rings. The van der Waals surface area contributed by atoms with Crippen LogP contribution in [-0.2, 0) is 14.3 Å². The average Bonchev–Trinajstić information content (AvgIpc) is 3.53. The third-order valence-corrected chi connectivity index (χ3v) is 7.30. The van der Waals surface area contributed by atoms with Gasteiger partial charge in [0, 0.05) is 32.1 Å². The summed E-state index contributed by atoms with van der Waals surface area (Å²) in [6.07, 6.45) is 3.17. The number of hydrogen-bond acceptors (Lipinski definition) is 7. The highest BCUT2D eigenvalue weighted by molar-refractivity contribution is 5.79. The summed E-state index contributed by atoms with van der Waals surface area (Å²) in [5, 5.41) is 0. The van der Waals surface area contributed by atoms with E-state index in [9.17, 15) is 9.59 Å². The molecule has 2 aromatic rings. The number of methoxy groups -OCH3 is 1. The van der Waals surface area contributed by atoms with Crippen LogP contribution >= 0.6 is 0 Å². The van der Waals surface area contributed by atoms with E-state index in [0.29, 0.717) is 18.0 Å². The first-order valence-electron chi connectivity index (χ1n) is 13.1. The van der Waals surface area contributed by atoms with Crippen molar-refractivity contribution in [3.8, 4) is 17.2 Å². The number of carbonyl (C=O) groups excluding carboxylic acids is 2. The van der Waals surface area contributed by atoms with Gasteiger partial charge in [-0.05, 0) is 48.7 Å². The molecule has 0 bridgehead atoms. The molecule has 2 heterocycles. The zero-order valence-corrected chi connectivity index (χ0v) is 22.3. The van der Waals surface area contributed by atoms with Crippen LogP contribution in [0.25, 0.3) is 0 Å². The molecule has 3 atom stereocenters. The number of benzene rings is 2. The molecule has 8 nitrogen and oxygen atoms in total. The second-order valence-corrected chi connectivity index (χ2v) is 9.67. The lowest BCUT2D eigenvalue weighted by Crippen LogP contribution is -2.39. The van der Waals surface area contributed by atoms with Gasteiger partial charge in [0.1, 0.15) is 5.75 Å². The van der Waals surface area contributed by atoms with E-state index in [1.54, 1.807) is 12.0 Å². The highest BCUT2D eigenvalue weighted by Crippen LogP contribution is 2.48. The number of hydrogen-bond donors (Lipinski definition) is 0. The van der Waals surface area contributed by atoms with E-state index >= 15 is 0 Å². The van der Waals surface area contributed by atoms with Crippen LogP contribution in [0.15, 0.2) is 42.5 Å². The van der Waals surface area contributed by atoms with Crippen LogP contribution in [0, 0.1) is 5.92 Å². The fraction of sp³-hybridized carbons (Fsp3) is 0.517. The fourth-order valence-electron chi connectivity index (χ4n) is 5.32. The minimum Gasteiger partial charge on any atom is -0.497 e. The van der Waals surface area contributed by atoms with Crippen LogP contribution in [0.2, 0.25) is 0 Å². The normalized spacial score (nSPS) is 20.6. The maximum absolute atomic E-state index is 13.5. The molecular weight excluding hydrogens is 472 g/mol. The molecule has 2 aliphatic rings. The Morgan fingerprint density at radius 2 is 1.76 bits per heavy atom. The van der Waals surface area contributed by atoms with Gasteiger partial charge in [-0.25, -0.2) is 0 Å². The summed E-state index contributed by atoms with van der Waals surface area (Å²) < 4.78 is 22.1. The molecule has 0 N–H and O–H groups in total. The monoisotopic (exact) mass is 510 g/mol. The van der Waals surface area contributed by atoms with Gasteiger partial charge in [-0.3, -0.25) is 14.5 Å². The minimum absolute atomic E-state index is 0.0450. The standard InChI is InChI=1S/C29H38N2O6/c1-5-7-8-15-30(3)26(32)18-31-17-23(21-11-14-24-25(16-21)37-19-36-24)27(29(33)35-6-2)28(31)20-9-12-22(34-4)13-10-20/h9-14,16,23,27-28H,5-8,15,17-19H2,1-4H3/t23-,27-,28+/m1/s1. The van der Waals surface area contributed by atoms with E-state index in [4.69, 9.17) is 18.9 Å². The van der Waals surface area contributed by atoms with Gasteiger partial charge in [0.05, 0.1) is 26.2 Å². The van der Waals surface area contributed by atoms with E-state index in [1.807, 2.05) is 56.4 Å². The van der Waals surface area contributed by atoms with Crippen molar-refractivity contribution < 1.29 is 28.5 Å². The Bertz CT molecular complexity index is 1070. The molecular formula is C29H38N2O6. The zero-order valence-electron chi connectivity index (χ0n) is 22.3. The van der Waals surface area contributed by atoms with Crippen molar-refractivity contribution in [2.75, 3.05) is 47.2 Å². The summed E-state index contributed by atoms with van der Waals surface area (Å²) in [6.45, 7) is 5.92. The molecule has 0 radical (unpaired) electrons. The lowest BCUT2D eigenvalue weighted by molar-refractivity contribution is -0.149. The number of ether oxygens (including phenoxy) is 4. The topological polar surface area (TPSA) is 77.5 Å². The maximum Gasteiger partial charge on any atom is 0.311 e. The number of esters is 1. The van der Waals surface area contributed by atoms with Crippen LogP contribution < -0.4 is 14.2 Å². The summed E-state index contributed by atoms with van der Waals surface area (Å²) >= 11 is 0. The number of likely N-dealkylation sites (tertiary alicyclic amines) is 1. The largest absolute Gasteiger partial charge is 0.497 e. The Kier molecular flexibility index (Phi) is 8.92. The Hall–Kier alpha value is -3.26. The lowest BCUT2D eigenvalue weighted by atomic mass is 9.82. The van der Waals surface area contributed by atoms with Crippen LogP contribution in [-0.4, -0.2) is 68.9 Å². The number of likely N-dealkylation sites (N-methyl/N-ethyl adjacent to an activating group) is 1. The van der Waals surface area contributed by atoms with E-state index in [1.165, 1.54) is 0 Å². The van der Waals surface area contributed by atoms with E-state index in [2.05, 4.69) is 11.8 Å². The molecule has 0 aliphatic carbocycles. The van der Waals surface area contributed by atoms with Gasteiger partial charge in [-0.15, -0.1) is 0 Å². The molecule has 0 aromatic heterocycles. The summed E-state index contributed by atoms with van der Waals surface area (Å²) in [5.74, 6) is 1.21. The summed E-state index contributed by atoms with van der Waals surface area (Å²) in [5.41, 5.74) is 1.91. The van der Waals surface area contributed by atoms with Gasteiger partial charge in [-0.2, -0.15) is 0 Å². The second-order valence-electron chi connectivity index (χ2n) is 9.67. The Morgan fingerprint density at radius 1 is 1.03 bits per heavy atom. The number of nitrogens with zero attached hydrogens (tertiary/aromatic N) is 2. The van der Waals surface area contributed by atoms with Crippen molar-refractivity contribution in [1.82, 2.24) is 9.80 Å². The van der Waals surface area contributed by atoms with E-state index < -0.39 is 5.92 Å². The van der Waals surface area contributed by atoms with Crippen LogP contribution in [0.3, 0.4) is 0 Å². The zero-order chi connectivity index (χ0) is 26.4. The smallest absolute Gasteiger partial charge is 0.311 e. The number of fused-ring (bicyclic) bond motifs is 1. The average molecular weight is 511 g/mol. The van der Waals surface area contributed by atoms with Gasteiger partial charge < -0.3 is 23.8 Å². The van der Waals surface area contributed by atoms with Crippen LogP contribution in [0.5, 0.6) is 17.2 Å². The summed E-state index contributed by atoms with van der Waals surface area (Å²) in [7, 11) is 3.48. The minimum atomic E-state index is -0.494. The molecule has 1 saturated heterocycles. The molecule has 2 aliphatic heterocycles. The van der Waals surface area contributed by atoms with Crippen molar-refractivity contribution in [3.05, 3.63) is 53.6 Å². The number of amides is 1. The molecule has 4 rings (SSSR count). The molecule has 0 unspecified atom stereocenters. The number of unbranched alkanes of at least 4 members (excludes halogenated alkanes) is 2. The molecule has 8 heteroatoms. The summed E-state index contributed by atoms with van der Waals surface area (Å²) in [6, 6.07) is 13.2. The van der Waals surface area contributed by atoms with Crippen molar-refractivity contribution in [1.29, 1.82) is 0 Å². The van der Waals surface area contributed by atoms with Gasteiger partial charge in [0.2, 0.25) is 12.7 Å². The molecule has 37 heavy (non-hydrogen) atoms. The lowest BCUT2D eigenvalue weighted by Gasteiger charge is -2.29.